The van der Waals surface area contributed by atoms with Gasteiger partial charge in [-0.25, -0.2) is 4.68 Å². The number of nitrogens with zero attached hydrogens (tertiary/aromatic N) is 4. The number of carbonyl (C=O) groups excluding carboxylic acids is 1. The van der Waals surface area contributed by atoms with E-state index in [1.54, 1.807) is 18.4 Å². The molecule has 1 saturated heterocycles. The average molecular weight is 462 g/mol. The first-order chi connectivity index (χ1) is 16.1. The van der Waals surface area contributed by atoms with Crippen LogP contribution in [0.2, 0.25) is 0 Å². The lowest BCUT2D eigenvalue weighted by Crippen LogP contribution is -2.43. The van der Waals surface area contributed by atoms with E-state index in [2.05, 4.69) is 15.3 Å². The molecule has 0 radical (unpaired) electrons. The van der Waals surface area contributed by atoms with Crippen LogP contribution >= 0.6 is 11.3 Å². The van der Waals surface area contributed by atoms with E-state index in [4.69, 9.17) is 9.72 Å². The van der Waals surface area contributed by atoms with E-state index >= 15 is 0 Å². The Hall–Kier alpha value is -3.39. The maximum absolute atomic E-state index is 13.0. The third-order valence-electron chi connectivity index (χ3n) is 6.09. The number of anilines is 1. The average Bonchev–Trinajstić information content (AvgIpc) is 3.44. The number of amides is 1. The molecule has 1 fully saturated rings. The van der Waals surface area contributed by atoms with Crippen molar-refractivity contribution in [2.45, 2.75) is 26.3 Å². The van der Waals surface area contributed by atoms with E-state index in [0.29, 0.717) is 13.1 Å². The molecule has 0 spiro atoms. The topological polar surface area (TPSA) is 72.3 Å². The molecule has 1 aliphatic heterocycles. The van der Waals surface area contributed by atoms with Gasteiger partial charge in [0.2, 0.25) is 5.91 Å². The summed E-state index contributed by atoms with van der Waals surface area (Å²) in [7, 11) is 1.65. The fourth-order valence-electron chi connectivity index (χ4n) is 4.35. The maximum Gasteiger partial charge on any atom is 0.225 e. The van der Waals surface area contributed by atoms with E-state index in [1.165, 1.54) is 0 Å². The predicted molar refractivity (Wildman–Crippen MR) is 131 cm³/mol. The molecule has 3 heterocycles. The van der Waals surface area contributed by atoms with Crippen LogP contribution in [0.1, 0.15) is 24.1 Å². The Kier molecular flexibility index (Phi) is 6.00. The minimum Gasteiger partial charge on any atom is -0.496 e. The molecule has 8 heteroatoms. The van der Waals surface area contributed by atoms with Gasteiger partial charge in [0.1, 0.15) is 5.75 Å². The lowest BCUT2D eigenvalue weighted by molar-refractivity contribution is -0.125. The lowest BCUT2D eigenvalue weighted by atomic mass is 9.97. The van der Waals surface area contributed by atoms with Crippen LogP contribution in [0.3, 0.4) is 0 Å². The van der Waals surface area contributed by atoms with E-state index in [9.17, 15) is 4.79 Å². The highest BCUT2D eigenvalue weighted by atomic mass is 32.1. The highest BCUT2D eigenvalue weighted by Crippen LogP contribution is 2.34. The molecule has 0 saturated carbocycles. The summed E-state index contributed by atoms with van der Waals surface area (Å²) < 4.78 is 8.40. The smallest absolute Gasteiger partial charge is 0.225 e. The highest BCUT2D eigenvalue weighted by Gasteiger charge is 2.28. The van der Waals surface area contributed by atoms with Crippen LogP contribution in [-0.4, -0.2) is 40.9 Å². The summed E-state index contributed by atoms with van der Waals surface area (Å²) in [5, 5.41) is 8.74. The molecule has 0 bridgehead atoms. The number of para-hydroxylation sites is 2. The molecule has 2 aromatic heterocycles. The molecule has 1 atom stereocenters. The van der Waals surface area contributed by atoms with E-state index < -0.39 is 0 Å². The number of piperidine rings is 1. The van der Waals surface area contributed by atoms with Crippen LogP contribution in [0.5, 0.6) is 5.75 Å². The molecule has 170 valence electrons. The summed E-state index contributed by atoms with van der Waals surface area (Å²) in [4.78, 5) is 20.1. The number of hydrogen-bond donors (Lipinski definition) is 1. The summed E-state index contributed by atoms with van der Waals surface area (Å²) in [6.45, 7) is 4.07. The van der Waals surface area contributed by atoms with Crippen LogP contribution in [0.15, 0.2) is 54.6 Å². The van der Waals surface area contributed by atoms with Crippen molar-refractivity contribution in [1.29, 1.82) is 0 Å². The van der Waals surface area contributed by atoms with E-state index in [-0.39, 0.29) is 11.8 Å². The third kappa shape index (κ3) is 4.30. The minimum absolute atomic E-state index is 0.0628. The molecule has 1 N–H and O–H groups in total. The monoisotopic (exact) mass is 461 g/mol. The van der Waals surface area contributed by atoms with Crippen LogP contribution < -0.4 is 15.0 Å². The minimum atomic E-state index is -0.0628. The number of benzene rings is 2. The van der Waals surface area contributed by atoms with E-state index in [0.717, 1.165) is 57.6 Å². The van der Waals surface area contributed by atoms with Crippen LogP contribution in [0.4, 0.5) is 5.13 Å². The first-order valence-corrected chi connectivity index (χ1v) is 12.0. The molecule has 0 aliphatic carbocycles. The largest absolute Gasteiger partial charge is 0.496 e. The Morgan fingerprint density at radius 2 is 1.97 bits per heavy atom. The molecule has 5 rings (SSSR count). The van der Waals surface area contributed by atoms with Gasteiger partial charge in [-0.05, 0) is 38.0 Å². The van der Waals surface area contributed by atoms with Gasteiger partial charge in [-0.2, -0.15) is 10.1 Å². The number of fused-ring (bicyclic) bond motifs is 1. The second-order valence-corrected chi connectivity index (χ2v) is 9.27. The molecular formula is C25H27N5O2S. The molecule has 1 unspecified atom stereocenters. The Balaban J connectivity index is 1.31. The summed E-state index contributed by atoms with van der Waals surface area (Å²) >= 11 is 1.66. The van der Waals surface area contributed by atoms with Gasteiger partial charge in [0.25, 0.3) is 0 Å². The van der Waals surface area contributed by atoms with Crippen molar-refractivity contribution in [2.75, 3.05) is 25.1 Å². The number of hydrogen-bond acceptors (Lipinski definition) is 6. The van der Waals surface area contributed by atoms with Crippen molar-refractivity contribution in [3.05, 3.63) is 65.9 Å². The zero-order valence-corrected chi connectivity index (χ0v) is 19.6. The van der Waals surface area contributed by atoms with Crippen molar-refractivity contribution in [2.24, 2.45) is 5.92 Å². The zero-order valence-electron chi connectivity index (χ0n) is 18.8. The van der Waals surface area contributed by atoms with Crippen molar-refractivity contribution in [3.8, 4) is 11.4 Å². The molecule has 4 aromatic rings. The van der Waals surface area contributed by atoms with Crippen molar-refractivity contribution >= 4 is 32.7 Å². The predicted octanol–water partition coefficient (Wildman–Crippen LogP) is 4.33. The summed E-state index contributed by atoms with van der Waals surface area (Å²) in [6, 6.07) is 17.9. The van der Waals surface area contributed by atoms with Gasteiger partial charge < -0.3 is 15.0 Å². The number of methoxy groups -OCH3 is 1. The lowest BCUT2D eigenvalue weighted by Gasteiger charge is -2.31. The SMILES string of the molecule is COc1ccccc1CNC(=O)C1CCCN(c2nc3c(s2)c(C)nn3-c2ccccc2)C1. The summed E-state index contributed by atoms with van der Waals surface area (Å²) in [5.41, 5.74) is 3.83. The highest BCUT2D eigenvalue weighted by molar-refractivity contribution is 7.22. The Morgan fingerprint density at radius 1 is 1.18 bits per heavy atom. The normalized spacial score (nSPS) is 16.2. The number of rotatable bonds is 6. The number of aromatic nitrogens is 3. The van der Waals surface area contributed by atoms with Crippen LogP contribution in [0, 0.1) is 12.8 Å². The first-order valence-electron chi connectivity index (χ1n) is 11.2. The standard InChI is InChI=1S/C25H27N5O2S/c1-17-22-23(30(28-17)20-11-4-3-5-12-20)27-25(33-22)29-14-8-10-19(16-29)24(31)26-15-18-9-6-7-13-21(18)32-2/h3-7,9,11-13,19H,8,10,14-16H2,1-2H3,(H,26,31). The van der Waals surface area contributed by atoms with Crippen molar-refractivity contribution < 1.29 is 9.53 Å². The van der Waals surface area contributed by atoms with Crippen molar-refractivity contribution in [3.63, 3.8) is 0 Å². The Bertz CT molecular complexity index is 1270. The number of carbonyl (C=O) groups is 1. The Labute approximate surface area is 197 Å². The molecular weight excluding hydrogens is 434 g/mol. The molecule has 1 amide bonds. The van der Waals surface area contributed by atoms with Crippen LogP contribution in [0.25, 0.3) is 16.0 Å². The first kappa shape index (κ1) is 21.5. The third-order valence-corrected chi connectivity index (χ3v) is 7.30. The maximum atomic E-state index is 13.0. The van der Waals surface area contributed by atoms with E-state index in [1.807, 2.05) is 66.2 Å². The van der Waals surface area contributed by atoms with Gasteiger partial charge >= 0.3 is 0 Å². The molecule has 33 heavy (non-hydrogen) atoms. The van der Waals surface area contributed by atoms with Gasteiger partial charge in [-0.3, -0.25) is 4.79 Å². The second kappa shape index (κ2) is 9.23. The van der Waals surface area contributed by atoms with Gasteiger partial charge in [0.05, 0.1) is 29.1 Å². The fraction of sp³-hybridized carbons (Fsp3) is 0.320. The van der Waals surface area contributed by atoms with Gasteiger partial charge in [0.15, 0.2) is 10.8 Å². The fourth-order valence-corrected chi connectivity index (χ4v) is 5.37. The number of ether oxygens (including phenoxy) is 1. The molecule has 2 aromatic carbocycles. The van der Waals surface area contributed by atoms with Crippen LogP contribution in [-0.2, 0) is 11.3 Å². The molecule has 7 nitrogen and oxygen atoms in total. The second-order valence-electron chi connectivity index (χ2n) is 8.30. The Morgan fingerprint density at radius 3 is 2.79 bits per heavy atom. The van der Waals surface area contributed by atoms with Gasteiger partial charge in [-0.1, -0.05) is 47.7 Å². The van der Waals surface area contributed by atoms with Crippen molar-refractivity contribution in [1.82, 2.24) is 20.1 Å². The number of aryl methyl sites for hydroxylation is 1. The number of thiazole rings is 1. The van der Waals surface area contributed by atoms with Gasteiger partial charge in [0, 0.05) is 25.2 Å². The summed E-state index contributed by atoms with van der Waals surface area (Å²) in [5.74, 6) is 0.811. The number of nitrogens with one attached hydrogen (secondary N) is 1. The van der Waals surface area contributed by atoms with Gasteiger partial charge in [-0.15, -0.1) is 0 Å². The zero-order chi connectivity index (χ0) is 22.8. The quantitative estimate of drug-likeness (QED) is 0.463. The summed E-state index contributed by atoms with van der Waals surface area (Å²) in [6.07, 6.45) is 1.85. The molecule has 1 aliphatic rings.